The average molecular weight is 435 g/mol. The molecule has 144 valence electrons. The fraction of sp³-hybridized carbons (Fsp3) is 0.684. The van der Waals surface area contributed by atoms with E-state index in [4.69, 9.17) is 0 Å². The van der Waals surface area contributed by atoms with Crippen LogP contribution in [0.4, 0.5) is 0 Å². The highest BCUT2D eigenvalue weighted by Crippen LogP contribution is 2.60. The van der Waals surface area contributed by atoms with Gasteiger partial charge in [0.15, 0.2) is 21.7 Å². The Morgan fingerprint density at radius 1 is 1.07 bits per heavy atom. The summed E-state index contributed by atoms with van der Waals surface area (Å²) >= 11 is 3.40. The van der Waals surface area contributed by atoms with Crippen LogP contribution in [0.3, 0.4) is 0 Å². The van der Waals surface area contributed by atoms with Crippen LogP contribution in [0.2, 0.25) is 0 Å². The molecule has 27 heavy (non-hydrogen) atoms. The normalized spacial score (nSPS) is 31.7. The average Bonchev–Trinajstić information content (AvgIpc) is 2.93. The Bertz CT molecular complexity index is 1060. The van der Waals surface area contributed by atoms with Gasteiger partial charge in [-0.15, -0.1) is 0 Å². The lowest BCUT2D eigenvalue weighted by Gasteiger charge is -2.56. The van der Waals surface area contributed by atoms with E-state index in [9.17, 15) is 14.4 Å². The van der Waals surface area contributed by atoms with Crippen molar-refractivity contribution < 1.29 is 4.79 Å². The monoisotopic (exact) mass is 434 g/mol. The zero-order valence-electron chi connectivity index (χ0n) is 15.6. The van der Waals surface area contributed by atoms with E-state index in [0.29, 0.717) is 28.1 Å². The van der Waals surface area contributed by atoms with Gasteiger partial charge in [0.05, 0.1) is 6.54 Å². The fourth-order valence-electron chi connectivity index (χ4n) is 6.37. The van der Waals surface area contributed by atoms with E-state index in [1.54, 1.807) is 11.6 Å². The summed E-state index contributed by atoms with van der Waals surface area (Å²) in [5.41, 5.74) is -0.445. The third-order valence-electron chi connectivity index (χ3n) is 7.22. The highest BCUT2D eigenvalue weighted by atomic mass is 79.9. The molecule has 6 rings (SSSR count). The van der Waals surface area contributed by atoms with Gasteiger partial charge in [0, 0.05) is 19.5 Å². The maximum atomic E-state index is 13.5. The van der Waals surface area contributed by atoms with Crippen molar-refractivity contribution in [1.29, 1.82) is 0 Å². The summed E-state index contributed by atoms with van der Waals surface area (Å²) in [6, 6.07) is 0. The van der Waals surface area contributed by atoms with E-state index in [1.165, 1.54) is 30.9 Å². The molecule has 2 heterocycles. The van der Waals surface area contributed by atoms with Crippen LogP contribution in [0.15, 0.2) is 14.3 Å². The number of aromatic nitrogens is 4. The number of imidazole rings is 1. The van der Waals surface area contributed by atoms with Crippen molar-refractivity contribution in [2.45, 2.75) is 45.1 Å². The number of nitrogens with zero attached hydrogens (tertiary/aromatic N) is 4. The summed E-state index contributed by atoms with van der Waals surface area (Å²) in [4.78, 5) is 42.6. The number of carbonyl (C=O) groups excluding carboxylic acids is 1. The van der Waals surface area contributed by atoms with Crippen LogP contribution < -0.4 is 11.2 Å². The van der Waals surface area contributed by atoms with E-state index in [-0.39, 0.29) is 23.3 Å². The first-order valence-electron chi connectivity index (χ1n) is 9.64. The van der Waals surface area contributed by atoms with Crippen molar-refractivity contribution in [2.24, 2.45) is 37.3 Å². The summed E-state index contributed by atoms with van der Waals surface area (Å²) in [5.74, 6) is 2.31. The van der Waals surface area contributed by atoms with Gasteiger partial charge < -0.3 is 0 Å². The zero-order valence-corrected chi connectivity index (χ0v) is 17.2. The lowest BCUT2D eigenvalue weighted by Crippen LogP contribution is -2.50. The molecule has 7 nitrogen and oxygen atoms in total. The Labute approximate surface area is 164 Å². The van der Waals surface area contributed by atoms with Gasteiger partial charge in [0.2, 0.25) is 0 Å². The number of aryl methyl sites for hydroxylation is 1. The molecule has 4 fully saturated rings. The van der Waals surface area contributed by atoms with E-state index >= 15 is 0 Å². The maximum Gasteiger partial charge on any atom is 0.332 e. The largest absolute Gasteiger partial charge is 0.332 e. The topological polar surface area (TPSA) is 78.9 Å². The number of halogens is 1. The molecule has 0 N–H and O–H groups in total. The summed E-state index contributed by atoms with van der Waals surface area (Å²) in [5, 5.41) is 0. The van der Waals surface area contributed by atoms with Gasteiger partial charge >= 0.3 is 5.69 Å². The second-order valence-corrected chi connectivity index (χ2v) is 9.68. The maximum absolute atomic E-state index is 13.5. The van der Waals surface area contributed by atoms with Crippen molar-refractivity contribution in [2.75, 3.05) is 0 Å². The molecule has 4 aliphatic carbocycles. The van der Waals surface area contributed by atoms with Gasteiger partial charge in [-0.3, -0.25) is 23.3 Å². The molecule has 4 saturated carbocycles. The molecule has 4 aliphatic rings. The second-order valence-electron chi connectivity index (χ2n) is 8.97. The van der Waals surface area contributed by atoms with E-state index in [0.717, 1.165) is 23.8 Å². The molecule has 0 amide bonds. The molecule has 0 atom stereocenters. The van der Waals surface area contributed by atoms with Crippen LogP contribution in [0.1, 0.15) is 38.5 Å². The quantitative estimate of drug-likeness (QED) is 0.691. The van der Waals surface area contributed by atoms with Gasteiger partial charge in [-0.2, -0.15) is 0 Å². The number of Topliss-reactive ketones (excluding diaryl/α,β-unsaturated/α-hetero) is 1. The van der Waals surface area contributed by atoms with Crippen molar-refractivity contribution in [3.05, 3.63) is 25.6 Å². The molecule has 0 unspecified atom stereocenters. The van der Waals surface area contributed by atoms with Crippen molar-refractivity contribution >= 4 is 32.9 Å². The third-order valence-corrected chi connectivity index (χ3v) is 7.83. The Balaban J connectivity index is 1.58. The van der Waals surface area contributed by atoms with Crippen LogP contribution in [0.5, 0.6) is 0 Å². The summed E-state index contributed by atoms with van der Waals surface area (Å²) in [7, 11) is 3.06. The lowest BCUT2D eigenvalue weighted by molar-refractivity contribution is -0.144. The zero-order chi connectivity index (χ0) is 19.1. The van der Waals surface area contributed by atoms with Gasteiger partial charge in [0.1, 0.15) is 0 Å². The molecule has 4 bridgehead atoms. The minimum absolute atomic E-state index is 0.156. The van der Waals surface area contributed by atoms with Crippen molar-refractivity contribution in [3.8, 4) is 0 Å². The fourth-order valence-corrected chi connectivity index (χ4v) is 6.84. The summed E-state index contributed by atoms with van der Waals surface area (Å²) in [6.07, 6.45) is 6.87. The summed E-state index contributed by atoms with van der Waals surface area (Å²) < 4.78 is 4.57. The highest BCUT2D eigenvalue weighted by Gasteiger charge is 2.54. The predicted octanol–water partition coefficient (Wildman–Crippen LogP) is 1.98. The number of ketones is 1. The Morgan fingerprint density at radius 2 is 1.63 bits per heavy atom. The third kappa shape index (κ3) is 2.38. The Kier molecular flexibility index (Phi) is 3.64. The van der Waals surface area contributed by atoms with E-state index < -0.39 is 11.2 Å². The van der Waals surface area contributed by atoms with Gasteiger partial charge in [0.25, 0.3) is 5.56 Å². The van der Waals surface area contributed by atoms with Crippen LogP contribution >= 0.6 is 15.9 Å². The molecule has 0 aliphatic heterocycles. The Morgan fingerprint density at radius 3 is 2.19 bits per heavy atom. The predicted molar refractivity (Wildman–Crippen MR) is 104 cm³/mol. The smallest absolute Gasteiger partial charge is 0.297 e. The van der Waals surface area contributed by atoms with Crippen LogP contribution in [0, 0.1) is 23.2 Å². The minimum Gasteiger partial charge on any atom is -0.297 e. The van der Waals surface area contributed by atoms with E-state index in [1.807, 2.05) is 0 Å². The molecular formula is C19H23BrN4O3. The number of hydrogen-bond acceptors (Lipinski definition) is 4. The molecule has 2 aromatic rings. The number of hydrogen-bond donors (Lipinski definition) is 0. The first-order chi connectivity index (χ1) is 12.8. The first kappa shape index (κ1) is 17.4. The molecule has 0 spiro atoms. The summed E-state index contributed by atoms with van der Waals surface area (Å²) in [6.45, 7) is 0.156. The molecule has 8 heteroatoms. The molecule has 0 radical (unpaired) electrons. The van der Waals surface area contributed by atoms with Crippen molar-refractivity contribution in [1.82, 2.24) is 18.7 Å². The SMILES string of the molecule is Cn1c(=O)c2nc(Br)n(CC(=O)C34CC5CC(CC(C5)C3)C4)c2n(C)c1=O. The number of fused-ring (bicyclic) bond motifs is 1. The molecule has 2 aromatic heterocycles. The van der Waals surface area contributed by atoms with Crippen LogP contribution in [-0.4, -0.2) is 24.5 Å². The van der Waals surface area contributed by atoms with Crippen LogP contribution in [-0.2, 0) is 25.4 Å². The first-order valence-corrected chi connectivity index (χ1v) is 10.4. The molecular weight excluding hydrogens is 412 g/mol. The Hall–Kier alpha value is -1.70. The lowest BCUT2D eigenvalue weighted by atomic mass is 9.48. The standard InChI is InChI=1S/C19H23BrN4O3/c1-22-15-14(16(26)23(2)18(22)27)21-17(20)24(15)9-13(25)19-6-10-3-11(7-19)5-12(4-10)8-19/h10-12H,3-9H2,1-2H3. The van der Waals surface area contributed by atoms with Crippen LogP contribution in [0.25, 0.3) is 11.2 Å². The van der Waals surface area contributed by atoms with Gasteiger partial charge in [-0.1, -0.05) is 0 Å². The van der Waals surface area contributed by atoms with Gasteiger partial charge in [-0.25, -0.2) is 9.78 Å². The van der Waals surface area contributed by atoms with E-state index in [2.05, 4.69) is 20.9 Å². The number of rotatable bonds is 3. The molecule has 0 saturated heterocycles. The van der Waals surface area contributed by atoms with Gasteiger partial charge in [-0.05, 0) is 72.2 Å². The minimum atomic E-state index is -0.435. The second kappa shape index (κ2) is 5.65. The number of carbonyl (C=O) groups is 1. The van der Waals surface area contributed by atoms with Crippen molar-refractivity contribution in [3.63, 3.8) is 0 Å². The molecule has 0 aromatic carbocycles. The highest BCUT2D eigenvalue weighted by molar-refractivity contribution is 9.10.